The zero-order valence-corrected chi connectivity index (χ0v) is 17.4. The molecule has 2 aromatic rings. The van der Waals surface area contributed by atoms with Gasteiger partial charge in [0.25, 0.3) is 0 Å². The monoisotopic (exact) mass is 381 g/mol. The van der Waals surface area contributed by atoms with Crippen molar-refractivity contribution in [1.82, 2.24) is 4.90 Å². The number of nitrogens with one attached hydrogen (secondary N) is 1. The Morgan fingerprint density at radius 2 is 1.68 bits per heavy atom. The first-order chi connectivity index (χ1) is 13.5. The Balaban J connectivity index is 1.61. The second-order valence-electron chi connectivity index (χ2n) is 7.36. The normalized spacial score (nSPS) is 15.9. The molecule has 0 spiro atoms. The van der Waals surface area contributed by atoms with Crippen LogP contribution in [0, 0.1) is 13.8 Å². The van der Waals surface area contributed by atoms with Crippen molar-refractivity contribution in [3.8, 4) is 5.75 Å². The van der Waals surface area contributed by atoms with Gasteiger partial charge in [-0.1, -0.05) is 30.3 Å². The van der Waals surface area contributed by atoms with Crippen molar-refractivity contribution >= 4 is 17.3 Å². The van der Waals surface area contributed by atoms with Gasteiger partial charge in [-0.25, -0.2) is 0 Å². The van der Waals surface area contributed by atoms with E-state index in [1.165, 1.54) is 0 Å². The van der Waals surface area contributed by atoms with Gasteiger partial charge >= 0.3 is 0 Å². The predicted octanol–water partition coefficient (Wildman–Crippen LogP) is 3.85. The van der Waals surface area contributed by atoms with E-state index in [1.54, 1.807) is 0 Å². The molecule has 0 saturated carbocycles. The Morgan fingerprint density at radius 3 is 2.32 bits per heavy atom. The average Bonchev–Trinajstić information content (AvgIpc) is 2.71. The van der Waals surface area contributed by atoms with E-state index in [4.69, 9.17) is 4.74 Å². The van der Waals surface area contributed by atoms with E-state index in [0.29, 0.717) is 6.61 Å². The van der Waals surface area contributed by atoms with Gasteiger partial charge in [0.2, 0.25) is 5.91 Å². The van der Waals surface area contributed by atoms with Gasteiger partial charge < -0.3 is 15.0 Å². The maximum Gasteiger partial charge on any atom is 0.241 e. The molecule has 1 atom stereocenters. The van der Waals surface area contributed by atoms with Crippen molar-refractivity contribution in [2.45, 2.75) is 33.7 Å². The summed E-state index contributed by atoms with van der Waals surface area (Å²) >= 11 is 0. The molecule has 0 unspecified atom stereocenters. The molecule has 2 aromatic carbocycles. The standard InChI is InChI=1S/C23H31N3O2/c1-5-28-21-12-7-6-11-20(21)26-15-13-25(14-16-26)19(4)23(27)24-22-17(2)9-8-10-18(22)3/h6-12,19H,5,13-16H2,1-4H3,(H,24,27)/t19-/m0/s1. The van der Waals surface area contributed by atoms with E-state index in [2.05, 4.69) is 21.2 Å². The number of ether oxygens (including phenoxy) is 1. The van der Waals surface area contributed by atoms with E-state index in [9.17, 15) is 4.79 Å². The van der Waals surface area contributed by atoms with E-state index < -0.39 is 0 Å². The zero-order chi connectivity index (χ0) is 20.1. The first kappa shape index (κ1) is 20.2. The van der Waals surface area contributed by atoms with Crippen LogP contribution in [0.25, 0.3) is 0 Å². The Kier molecular flexibility index (Phi) is 6.57. The fraction of sp³-hybridized carbons (Fsp3) is 0.435. The Morgan fingerprint density at radius 1 is 1.04 bits per heavy atom. The molecule has 0 bridgehead atoms. The Hall–Kier alpha value is -2.53. The molecule has 3 rings (SSSR count). The Bertz CT molecular complexity index is 793. The highest BCUT2D eigenvalue weighted by Gasteiger charge is 2.27. The fourth-order valence-electron chi connectivity index (χ4n) is 3.75. The summed E-state index contributed by atoms with van der Waals surface area (Å²) in [6, 6.07) is 14.1. The lowest BCUT2D eigenvalue weighted by Crippen LogP contribution is -2.53. The largest absolute Gasteiger partial charge is 0.492 e. The topological polar surface area (TPSA) is 44.8 Å². The van der Waals surface area contributed by atoms with Gasteiger partial charge in [-0.15, -0.1) is 0 Å². The molecule has 1 N–H and O–H groups in total. The number of carbonyl (C=O) groups excluding carboxylic acids is 1. The number of hydrogen-bond donors (Lipinski definition) is 1. The Labute approximate surface area is 168 Å². The molecule has 1 heterocycles. The van der Waals surface area contributed by atoms with Crippen LogP contribution >= 0.6 is 0 Å². The summed E-state index contributed by atoms with van der Waals surface area (Å²) in [5, 5.41) is 3.13. The molecule has 1 amide bonds. The van der Waals surface area contributed by atoms with Crippen molar-refractivity contribution in [2.24, 2.45) is 0 Å². The van der Waals surface area contributed by atoms with E-state index in [1.807, 2.05) is 64.1 Å². The molecule has 28 heavy (non-hydrogen) atoms. The van der Waals surface area contributed by atoms with Gasteiger partial charge in [-0.2, -0.15) is 0 Å². The lowest BCUT2D eigenvalue weighted by molar-refractivity contribution is -0.120. The second kappa shape index (κ2) is 9.11. The van der Waals surface area contributed by atoms with Crippen molar-refractivity contribution in [3.63, 3.8) is 0 Å². The summed E-state index contributed by atoms with van der Waals surface area (Å²) in [5.41, 5.74) is 4.26. The van der Waals surface area contributed by atoms with E-state index >= 15 is 0 Å². The minimum Gasteiger partial charge on any atom is -0.492 e. The number of rotatable bonds is 6. The highest BCUT2D eigenvalue weighted by molar-refractivity contribution is 5.95. The maximum absolute atomic E-state index is 12.8. The number of aryl methyl sites for hydroxylation is 2. The van der Waals surface area contributed by atoms with Crippen LogP contribution in [-0.4, -0.2) is 49.6 Å². The smallest absolute Gasteiger partial charge is 0.241 e. The molecular formula is C23H31N3O2. The van der Waals surface area contributed by atoms with Crippen LogP contribution in [0.4, 0.5) is 11.4 Å². The zero-order valence-electron chi connectivity index (χ0n) is 17.4. The molecule has 0 radical (unpaired) electrons. The average molecular weight is 382 g/mol. The molecule has 1 saturated heterocycles. The first-order valence-corrected chi connectivity index (χ1v) is 10.1. The van der Waals surface area contributed by atoms with Crippen LogP contribution < -0.4 is 15.0 Å². The summed E-state index contributed by atoms with van der Waals surface area (Å²) in [7, 11) is 0. The third-order valence-electron chi connectivity index (χ3n) is 5.48. The van der Waals surface area contributed by atoms with Gasteiger partial charge in [-0.05, 0) is 51.0 Å². The van der Waals surface area contributed by atoms with Crippen LogP contribution in [-0.2, 0) is 4.79 Å². The summed E-state index contributed by atoms with van der Waals surface area (Å²) in [5.74, 6) is 0.986. The molecule has 150 valence electrons. The van der Waals surface area contributed by atoms with Crippen LogP contribution in [0.15, 0.2) is 42.5 Å². The molecule has 0 aromatic heterocycles. The number of hydrogen-bond acceptors (Lipinski definition) is 4. The van der Waals surface area contributed by atoms with Crippen LogP contribution in [0.1, 0.15) is 25.0 Å². The minimum absolute atomic E-state index is 0.0561. The molecule has 5 heteroatoms. The molecule has 1 aliphatic heterocycles. The number of benzene rings is 2. The highest BCUT2D eigenvalue weighted by atomic mass is 16.5. The van der Waals surface area contributed by atoms with Gasteiger partial charge in [0.1, 0.15) is 5.75 Å². The SMILES string of the molecule is CCOc1ccccc1N1CCN([C@@H](C)C(=O)Nc2c(C)cccc2C)CC1. The molecular weight excluding hydrogens is 350 g/mol. The molecule has 5 nitrogen and oxygen atoms in total. The second-order valence-corrected chi connectivity index (χ2v) is 7.36. The predicted molar refractivity (Wildman–Crippen MR) is 115 cm³/mol. The maximum atomic E-state index is 12.8. The van der Waals surface area contributed by atoms with Crippen LogP contribution in [0.5, 0.6) is 5.75 Å². The molecule has 1 fully saturated rings. The lowest BCUT2D eigenvalue weighted by atomic mass is 10.1. The number of anilines is 2. The van der Waals surface area contributed by atoms with E-state index in [-0.39, 0.29) is 11.9 Å². The first-order valence-electron chi connectivity index (χ1n) is 10.1. The number of nitrogens with zero attached hydrogens (tertiary/aromatic N) is 2. The van der Waals surface area contributed by atoms with Crippen molar-refractivity contribution in [2.75, 3.05) is 43.0 Å². The van der Waals surface area contributed by atoms with Gasteiger partial charge in [-0.3, -0.25) is 9.69 Å². The van der Waals surface area contributed by atoms with Crippen molar-refractivity contribution < 1.29 is 9.53 Å². The molecule has 1 aliphatic rings. The van der Waals surface area contributed by atoms with Gasteiger partial charge in [0, 0.05) is 31.9 Å². The number of piperazine rings is 1. The minimum atomic E-state index is -0.164. The molecule has 0 aliphatic carbocycles. The summed E-state index contributed by atoms with van der Waals surface area (Å²) < 4.78 is 5.77. The van der Waals surface area contributed by atoms with Crippen molar-refractivity contribution in [3.05, 3.63) is 53.6 Å². The summed E-state index contributed by atoms with van der Waals surface area (Å²) in [6.07, 6.45) is 0. The third kappa shape index (κ3) is 4.47. The highest BCUT2D eigenvalue weighted by Crippen LogP contribution is 2.29. The number of amides is 1. The van der Waals surface area contributed by atoms with Gasteiger partial charge in [0.15, 0.2) is 0 Å². The lowest BCUT2D eigenvalue weighted by Gasteiger charge is -2.39. The quantitative estimate of drug-likeness (QED) is 0.825. The van der Waals surface area contributed by atoms with Crippen LogP contribution in [0.2, 0.25) is 0 Å². The van der Waals surface area contributed by atoms with Gasteiger partial charge in [0.05, 0.1) is 18.3 Å². The fourth-order valence-corrected chi connectivity index (χ4v) is 3.75. The van der Waals surface area contributed by atoms with Crippen LogP contribution in [0.3, 0.4) is 0 Å². The summed E-state index contributed by atoms with van der Waals surface area (Å²) in [4.78, 5) is 17.4. The number of para-hydroxylation sites is 3. The van der Waals surface area contributed by atoms with E-state index in [0.717, 1.165) is 54.4 Å². The number of carbonyl (C=O) groups is 1. The van der Waals surface area contributed by atoms with Crippen molar-refractivity contribution in [1.29, 1.82) is 0 Å². The third-order valence-corrected chi connectivity index (χ3v) is 5.48. The summed E-state index contributed by atoms with van der Waals surface area (Å²) in [6.45, 7) is 12.2.